The Labute approximate surface area is 174 Å². The summed E-state index contributed by atoms with van der Waals surface area (Å²) in [6, 6.07) is 5.76. The first-order valence-corrected chi connectivity index (χ1v) is 10.6. The predicted octanol–water partition coefficient (Wildman–Crippen LogP) is 2.72. The van der Waals surface area contributed by atoms with Gasteiger partial charge in [0.15, 0.2) is 17.5 Å². The van der Waals surface area contributed by atoms with E-state index in [4.69, 9.17) is 24.3 Å². The van der Waals surface area contributed by atoms with Crippen LogP contribution in [0.5, 0.6) is 11.5 Å². The maximum atomic E-state index is 8.93. The normalized spacial score (nSPS) is 15.9. The van der Waals surface area contributed by atoms with Gasteiger partial charge >= 0.3 is 0 Å². The van der Waals surface area contributed by atoms with Crippen molar-refractivity contribution in [1.29, 1.82) is 0 Å². The van der Waals surface area contributed by atoms with Gasteiger partial charge in [0.2, 0.25) is 0 Å². The molecule has 1 fully saturated rings. The molecular weight excluding hydrogens is 370 g/mol. The first kappa shape index (κ1) is 23.3. The molecule has 0 aromatic heterocycles. The smallest absolute Gasteiger partial charge is 0.191 e. The van der Waals surface area contributed by atoms with E-state index in [0.717, 1.165) is 37.6 Å². The Morgan fingerprint density at radius 2 is 1.93 bits per heavy atom. The van der Waals surface area contributed by atoms with Crippen molar-refractivity contribution < 1.29 is 19.3 Å². The molecule has 0 amide bonds. The van der Waals surface area contributed by atoms with Crippen molar-refractivity contribution in [3.8, 4) is 11.5 Å². The Balaban J connectivity index is 2.00. The fourth-order valence-electron chi connectivity index (χ4n) is 3.83. The lowest BCUT2D eigenvalue weighted by Crippen LogP contribution is -2.43. The lowest BCUT2D eigenvalue weighted by molar-refractivity contribution is 0.138. The lowest BCUT2D eigenvalue weighted by atomic mass is 9.83. The van der Waals surface area contributed by atoms with E-state index in [2.05, 4.69) is 17.6 Å². The number of nitrogens with zero attached hydrogens (tertiary/aromatic N) is 1. The van der Waals surface area contributed by atoms with Gasteiger partial charge in [-0.2, -0.15) is 0 Å². The monoisotopic (exact) mass is 407 g/mol. The zero-order valence-corrected chi connectivity index (χ0v) is 18.1. The molecule has 7 nitrogen and oxygen atoms in total. The van der Waals surface area contributed by atoms with Gasteiger partial charge in [-0.3, -0.25) is 0 Å². The third-order valence-electron chi connectivity index (χ3n) is 5.47. The van der Waals surface area contributed by atoms with Gasteiger partial charge in [-0.25, -0.2) is 4.99 Å². The van der Waals surface area contributed by atoms with Crippen molar-refractivity contribution in [1.82, 2.24) is 10.6 Å². The molecule has 1 aromatic carbocycles. The van der Waals surface area contributed by atoms with Gasteiger partial charge in [-0.1, -0.05) is 18.9 Å². The highest BCUT2D eigenvalue weighted by Gasteiger charge is 2.33. The molecule has 3 N–H and O–H groups in total. The Morgan fingerprint density at radius 1 is 1.14 bits per heavy atom. The summed E-state index contributed by atoms with van der Waals surface area (Å²) in [6.45, 7) is 5.36. The zero-order chi connectivity index (χ0) is 21.0. The molecule has 7 heteroatoms. The predicted molar refractivity (Wildman–Crippen MR) is 116 cm³/mol. The second kappa shape index (κ2) is 12.5. The number of aliphatic hydroxyl groups excluding tert-OH is 1. The largest absolute Gasteiger partial charge is 0.493 e. The van der Waals surface area contributed by atoms with E-state index in [1.54, 1.807) is 14.2 Å². The van der Waals surface area contributed by atoms with Crippen molar-refractivity contribution in [3.63, 3.8) is 0 Å². The number of hydrogen-bond donors (Lipinski definition) is 3. The van der Waals surface area contributed by atoms with Crippen LogP contribution in [0.3, 0.4) is 0 Å². The molecule has 0 atom stereocenters. The molecule has 29 heavy (non-hydrogen) atoms. The fourth-order valence-corrected chi connectivity index (χ4v) is 3.83. The van der Waals surface area contributed by atoms with Crippen LogP contribution in [0.1, 0.15) is 44.6 Å². The van der Waals surface area contributed by atoms with Crippen LogP contribution >= 0.6 is 0 Å². The maximum Gasteiger partial charge on any atom is 0.191 e. The second-order valence-electron chi connectivity index (χ2n) is 7.56. The van der Waals surface area contributed by atoms with Crippen LogP contribution in [-0.2, 0) is 11.3 Å². The Hall–Kier alpha value is -1.99. The molecule has 0 spiro atoms. The van der Waals surface area contributed by atoms with E-state index in [1.807, 2.05) is 18.2 Å². The molecule has 1 aliphatic carbocycles. The second-order valence-corrected chi connectivity index (χ2v) is 7.56. The number of nitrogens with one attached hydrogen (secondary N) is 2. The van der Waals surface area contributed by atoms with Gasteiger partial charge in [0.25, 0.3) is 0 Å². The SMILES string of the molecule is CCNC(=NCc1ccc(OCCO)c(OC)c1)NCC1(CCOC)CCCC1. The summed E-state index contributed by atoms with van der Waals surface area (Å²) in [5.74, 6) is 2.10. The van der Waals surface area contributed by atoms with Crippen molar-refractivity contribution in [2.75, 3.05) is 47.1 Å². The van der Waals surface area contributed by atoms with Crippen LogP contribution in [-0.4, -0.2) is 58.2 Å². The summed E-state index contributed by atoms with van der Waals surface area (Å²) in [4.78, 5) is 4.75. The summed E-state index contributed by atoms with van der Waals surface area (Å²) in [5, 5.41) is 15.8. The summed E-state index contributed by atoms with van der Waals surface area (Å²) in [6.07, 6.45) is 6.17. The number of aliphatic imine (C=N–C) groups is 1. The topological polar surface area (TPSA) is 84.3 Å². The van der Waals surface area contributed by atoms with E-state index >= 15 is 0 Å². The van der Waals surface area contributed by atoms with Crippen LogP contribution in [0.4, 0.5) is 0 Å². The van der Waals surface area contributed by atoms with Crippen LogP contribution in [0.15, 0.2) is 23.2 Å². The minimum Gasteiger partial charge on any atom is -0.493 e. The van der Waals surface area contributed by atoms with E-state index in [-0.39, 0.29) is 13.2 Å². The maximum absolute atomic E-state index is 8.93. The van der Waals surface area contributed by atoms with Crippen molar-refractivity contribution in [2.45, 2.75) is 45.6 Å². The Bertz CT molecular complexity index is 630. The van der Waals surface area contributed by atoms with Crippen LogP contribution < -0.4 is 20.1 Å². The van der Waals surface area contributed by atoms with Crippen LogP contribution in [0.25, 0.3) is 0 Å². The molecule has 0 radical (unpaired) electrons. The van der Waals surface area contributed by atoms with E-state index in [1.165, 1.54) is 25.7 Å². The molecule has 0 heterocycles. The number of methoxy groups -OCH3 is 2. The summed E-state index contributed by atoms with van der Waals surface area (Å²) in [5.41, 5.74) is 1.34. The number of hydrogen-bond acceptors (Lipinski definition) is 5. The fraction of sp³-hybridized carbons (Fsp3) is 0.682. The molecule has 1 aliphatic rings. The Kier molecular flexibility index (Phi) is 10.1. The average molecular weight is 408 g/mol. The van der Waals surface area contributed by atoms with E-state index < -0.39 is 0 Å². The number of ether oxygens (including phenoxy) is 3. The average Bonchev–Trinajstić information content (AvgIpc) is 3.22. The van der Waals surface area contributed by atoms with Gasteiger partial charge in [-0.15, -0.1) is 0 Å². The van der Waals surface area contributed by atoms with Crippen LogP contribution in [0.2, 0.25) is 0 Å². The van der Waals surface area contributed by atoms with E-state index in [0.29, 0.717) is 23.5 Å². The zero-order valence-electron chi connectivity index (χ0n) is 18.1. The molecule has 0 saturated heterocycles. The molecule has 0 unspecified atom stereocenters. The minimum atomic E-state index is -0.0290. The summed E-state index contributed by atoms with van der Waals surface area (Å²) in [7, 11) is 3.39. The highest BCUT2D eigenvalue weighted by atomic mass is 16.5. The highest BCUT2D eigenvalue weighted by molar-refractivity contribution is 5.79. The Morgan fingerprint density at radius 3 is 2.59 bits per heavy atom. The summed E-state index contributed by atoms with van der Waals surface area (Å²) < 4.78 is 16.2. The third-order valence-corrected chi connectivity index (χ3v) is 5.47. The lowest BCUT2D eigenvalue weighted by Gasteiger charge is -2.30. The minimum absolute atomic E-state index is 0.0290. The van der Waals surface area contributed by atoms with Gasteiger partial charge in [0, 0.05) is 26.8 Å². The molecule has 164 valence electrons. The first-order valence-electron chi connectivity index (χ1n) is 10.6. The van der Waals surface area contributed by atoms with Gasteiger partial charge in [0.05, 0.1) is 20.3 Å². The van der Waals surface area contributed by atoms with Crippen molar-refractivity contribution in [2.24, 2.45) is 10.4 Å². The van der Waals surface area contributed by atoms with Gasteiger partial charge < -0.3 is 30.0 Å². The number of rotatable bonds is 12. The number of guanidine groups is 1. The molecular formula is C22H37N3O4. The van der Waals surface area contributed by atoms with E-state index in [9.17, 15) is 0 Å². The number of aliphatic hydroxyl groups is 1. The third kappa shape index (κ3) is 7.40. The molecule has 0 aliphatic heterocycles. The molecule has 2 rings (SSSR count). The van der Waals surface area contributed by atoms with Crippen molar-refractivity contribution >= 4 is 5.96 Å². The van der Waals surface area contributed by atoms with Crippen LogP contribution in [0, 0.1) is 5.41 Å². The highest BCUT2D eigenvalue weighted by Crippen LogP contribution is 2.40. The summed E-state index contributed by atoms with van der Waals surface area (Å²) >= 11 is 0. The first-order chi connectivity index (χ1) is 14.2. The quantitative estimate of drug-likeness (QED) is 0.365. The molecule has 1 saturated carbocycles. The standard InChI is InChI=1S/C22H37N3O4/c1-4-23-21(25-17-22(11-13-27-2)9-5-6-10-22)24-16-18-7-8-19(29-14-12-26)20(15-18)28-3/h7-8,15,26H,4-6,9-14,16-17H2,1-3H3,(H2,23,24,25). The number of benzene rings is 1. The van der Waals surface area contributed by atoms with Gasteiger partial charge in [0.1, 0.15) is 6.61 Å². The van der Waals surface area contributed by atoms with Crippen molar-refractivity contribution in [3.05, 3.63) is 23.8 Å². The molecule has 0 bridgehead atoms. The molecule has 1 aromatic rings. The van der Waals surface area contributed by atoms with Gasteiger partial charge in [-0.05, 0) is 49.3 Å².